The third kappa shape index (κ3) is 5.72. The Morgan fingerprint density at radius 1 is 1.29 bits per heavy atom. The van der Waals surface area contributed by atoms with Crippen molar-refractivity contribution < 1.29 is 19.4 Å². The van der Waals surface area contributed by atoms with Crippen molar-refractivity contribution >= 4 is 11.8 Å². The van der Waals surface area contributed by atoms with E-state index in [-0.39, 0.29) is 53.5 Å². The molecule has 0 aromatic heterocycles. The molecule has 2 saturated carbocycles. The van der Waals surface area contributed by atoms with Gasteiger partial charge in [0.1, 0.15) is 5.75 Å². The third-order valence-electron chi connectivity index (χ3n) is 8.31. The number of carbonyl (C=O) groups excluding carboxylic acids is 2. The molecule has 0 saturated heterocycles. The number of nitrogens with one attached hydrogen (secondary N) is 1. The average Bonchev–Trinajstić information content (AvgIpc) is 2.83. The van der Waals surface area contributed by atoms with Crippen LogP contribution >= 0.6 is 0 Å². The van der Waals surface area contributed by atoms with E-state index in [1.165, 1.54) is 0 Å². The summed E-state index contributed by atoms with van der Waals surface area (Å²) in [5.74, 6) is 0.114. The highest BCUT2D eigenvalue weighted by atomic mass is 16.5. The first-order valence-electron chi connectivity index (χ1n) is 12.4. The quantitative estimate of drug-likeness (QED) is 0.608. The topological polar surface area (TPSA) is 103 Å². The minimum atomic E-state index is -0.614. The van der Waals surface area contributed by atoms with Crippen LogP contribution in [0.1, 0.15) is 52.9 Å². The van der Waals surface area contributed by atoms with E-state index >= 15 is 0 Å². The van der Waals surface area contributed by atoms with Gasteiger partial charge in [-0.2, -0.15) is 5.26 Å². The van der Waals surface area contributed by atoms with Gasteiger partial charge in [-0.1, -0.05) is 39.0 Å². The molecule has 3 rings (SSSR count). The average molecular weight is 470 g/mol. The molecule has 7 nitrogen and oxygen atoms in total. The highest BCUT2D eigenvalue weighted by Gasteiger charge is 2.54. The Labute approximate surface area is 203 Å². The van der Waals surface area contributed by atoms with Gasteiger partial charge in [0, 0.05) is 25.6 Å². The molecule has 0 bridgehead atoms. The van der Waals surface area contributed by atoms with Crippen LogP contribution in [-0.2, 0) is 9.59 Å². The fourth-order valence-corrected chi connectivity index (χ4v) is 6.27. The van der Waals surface area contributed by atoms with Gasteiger partial charge in [0.05, 0.1) is 18.6 Å². The van der Waals surface area contributed by atoms with Gasteiger partial charge in [0.15, 0.2) is 6.61 Å². The second-order valence-electron chi connectivity index (χ2n) is 10.5. The summed E-state index contributed by atoms with van der Waals surface area (Å²) in [5, 5.41) is 23.5. The van der Waals surface area contributed by atoms with Crippen LogP contribution < -0.4 is 10.1 Å². The zero-order chi connectivity index (χ0) is 24.9. The van der Waals surface area contributed by atoms with Crippen LogP contribution in [0.3, 0.4) is 0 Å². The lowest BCUT2D eigenvalue weighted by molar-refractivity contribution is -0.150. The number of ether oxygens (including phenoxy) is 1. The molecule has 186 valence electrons. The van der Waals surface area contributed by atoms with Gasteiger partial charge >= 0.3 is 0 Å². The largest absolute Gasteiger partial charge is 0.484 e. The zero-order valence-electron chi connectivity index (χ0n) is 20.9. The maximum absolute atomic E-state index is 12.9. The van der Waals surface area contributed by atoms with Crippen LogP contribution in [-0.4, -0.2) is 54.2 Å². The number of nitrogens with zero attached hydrogens (tertiary/aromatic N) is 2. The van der Waals surface area contributed by atoms with Crippen LogP contribution in [0.2, 0.25) is 0 Å². The van der Waals surface area contributed by atoms with E-state index in [0.717, 1.165) is 25.7 Å². The number of nitriles is 1. The van der Waals surface area contributed by atoms with E-state index in [4.69, 9.17) is 10.00 Å². The summed E-state index contributed by atoms with van der Waals surface area (Å²) in [6.45, 7) is 6.62. The number of aliphatic hydroxyl groups is 1. The Morgan fingerprint density at radius 3 is 2.65 bits per heavy atom. The maximum Gasteiger partial charge on any atom is 0.258 e. The summed E-state index contributed by atoms with van der Waals surface area (Å²) in [6, 6.07) is 11.3. The highest BCUT2D eigenvalue weighted by molar-refractivity contribution is 5.79. The Morgan fingerprint density at radius 2 is 1.97 bits per heavy atom. The minimum absolute atomic E-state index is 0.00000584. The van der Waals surface area contributed by atoms with E-state index in [1.807, 2.05) is 37.3 Å². The van der Waals surface area contributed by atoms with Crippen molar-refractivity contribution in [3.63, 3.8) is 0 Å². The molecule has 2 amide bonds. The number of fused-ring (bicyclic) bond motifs is 1. The number of carbonyl (C=O) groups is 2. The molecule has 2 aliphatic carbocycles. The van der Waals surface area contributed by atoms with E-state index in [1.54, 1.807) is 11.9 Å². The van der Waals surface area contributed by atoms with Gasteiger partial charge in [-0.15, -0.1) is 0 Å². The van der Waals surface area contributed by atoms with E-state index in [2.05, 4.69) is 25.2 Å². The van der Waals surface area contributed by atoms with Crippen molar-refractivity contribution in [1.29, 1.82) is 5.26 Å². The van der Waals surface area contributed by atoms with Gasteiger partial charge in [-0.3, -0.25) is 9.59 Å². The fraction of sp³-hybridized carbons (Fsp3) is 0.667. The normalized spacial score (nSPS) is 31.5. The van der Waals surface area contributed by atoms with Crippen molar-refractivity contribution in [2.45, 2.75) is 65.0 Å². The summed E-state index contributed by atoms with van der Waals surface area (Å²) in [7, 11) is 1.72. The van der Waals surface area contributed by atoms with Crippen LogP contribution in [0.25, 0.3) is 0 Å². The lowest BCUT2D eigenvalue weighted by atomic mass is 9.51. The Balaban J connectivity index is 1.64. The number of amides is 2. The van der Waals surface area contributed by atoms with Crippen LogP contribution in [0.4, 0.5) is 0 Å². The molecule has 34 heavy (non-hydrogen) atoms. The molecular weight excluding hydrogens is 430 g/mol. The number of aliphatic hydroxyl groups excluding tert-OH is 1. The summed E-state index contributed by atoms with van der Waals surface area (Å²) in [5.41, 5.74) is -0.00736. The first-order chi connectivity index (χ1) is 16.2. The summed E-state index contributed by atoms with van der Waals surface area (Å²) >= 11 is 0. The number of hydrogen-bond acceptors (Lipinski definition) is 5. The lowest BCUT2D eigenvalue weighted by Crippen LogP contribution is -2.59. The van der Waals surface area contributed by atoms with Crippen molar-refractivity contribution in [3.05, 3.63) is 30.3 Å². The number of rotatable bonds is 8. The van der Waals surface area contributed by atoms with Crippen LogP contribution in [0, 0.1) is 40.4 Å². The Bertz CT molecular complexity index is 886. The Kier molecular flexibility index (Phi) is 8.59. The SMILES string of the molecule is C[C@H]1[C@@H]2[C@@H](O)[C@@H]([C@H](C)C(=O)N(C)CCC#N)CC[C@@]2(C)CC[C@@H]1NC(=O)COc1ccccc1. The predicted molar refractivity (Wildman–Crippen MR) is 130 cm³/mol. The van der Waals surface area contributed by atoms with E-state index in [0.29, 0.717) is 18.7 Å². The fourth-order valence-electron chi connectivity index (χ4n) is 6.27. The van der Waals surface area contributed by atoms with Crippen LogP contribution in [0.15, 0.2) is 30.3 Å². The van der Waals surface area contributed by atoms with Crippen molar-refractivity contribution in [3.8, 4) is 11.8 Å². The monoisotopic (exact) mass is 469 g/mol. The van der Waals surface area contributed by atoms with Crippen molar-refractivity contribution in [2.24, 2.45) is 29.1 Å². The maximum atomic E-state index is 12.9. The molecule has 1 aromatic carbocycles. The molecule has 2 N–H and O–H groups in total. The summed E-state index contributed by atoms with van der Waals surface area (Å²) < 4.78 is 5.59. The smallest absolute Gasteiger partial charge is 0.258 e. The predicted octanol–water partition coefficient (Wildman–Crippen LogP) is 3.38. The van der Waals surface area contributed by atoms with Crippen molar-refractivity contribution in [2.75, 3.05) is 20.2 Å². The van der Waals surface area contributed by atoms with Gasteiger partial charge in [-0.25, -0.2) is 0 Å². The summed E-state index contributed by atoms with van der Waals surface area (Å²) in [6.07, 6.45) is 3.25. The second kappa shape index (κ2) is 11.2. The summed E-state index contributed by atoms with van der Waals surface area (Å²) in [4.78, 5) is 27.2. The number of hydrogen-bond donors (Lipinski definition) is 2. The lowest BCUT2D eigenvalue weighted by Gasteiger charge is -2.56. The third-order valence-corrected chi connectivity index (χ3v) is 8.31. The number of para-hydroxylation sites is 1. The van der Waals surface area contributed by atoms with E-state index < -0.39 is 6.10 Å². The highest BCUT2D eigenvalue weighted by Crippen LogP contribution is 2.55. The molecule has 0 radical (unpaired) electrons. The van der Waals surface area contributed by atoms with Crippen LogP contribution in [0.5, 0.6) is 5.75 Å². The van der Waals surface area contributed by atoms with Crippen molar-refractivity contribution in [1.82, 2.24) is 10.2 Å². The molecule has 0 spiro atoms. The van der Waals surface area contributed by atoms with Gasteiger partial charge in [0.2, 0.25) is 5.91 Å². The molecular formula is C27H39N3O4. The number of benzene rings is 1. The standard InChI is InChI=1S/C27H39N3O4/c1-18(26(33)30(4)16-8-15-28)21-11-13-27(3)14-12-22(19(2)24(27)25(21)32)29-23(31)17-34-20-9-6-5-7-10-20/h5-7,9-10,18-19,21-22,24-25,32H,8,11-14,16-17H2,1-4H3,(H,29,31)/t18-,19+,21+,22-,24+,25-,27-/m0/s1. The molecule has 2 aliphatic rings. The van der Waals surface area contributed by atoms with Gasteiger partial charge in [0.25, 0.3) is 5.91 Å². The van der Waals surface area contributed by atoms with E-state index in [9.17, 15) is 14.7 Å². The minimum Gasteiger partial charge on any atom is -0.484 e. The molecule has 1 aromatic rings. The molecule has 0 aliphatic heterocycles. The van der Waals surface area contributed by atoms with Gasteiger partial charge in [-0.05, 0) is 61.0 Å². The molecule has 2 fully saturated rings. The molecule has 7 heteroatoms. The molecule has 0 heterocycles. The zero-order valence-corrected chi connectivity index (χ0v) is 20.9. The molecule has 7 atom stereocenters. The second-order valence-corrected chi connectivity index (χ2v) is 10.5. The van der Waals surface area contributed by atoms with Gasteiger partial charge < -0.3 is 20.1 Å². The molecule has 0 unspecified atom stereocenters. The Hall–Kier alpha value is -2.59. The first-order valence-corrected chi connectivity index (χ1v) is 12.4. The first kappa shape index (κ1) is 26.0.